The number of ketones is 1. The molecule has 0 spiro atoms. The highest BCUT2D eigenvalue weighted by Crippen LogP contribution is 2.35. The van der Waals surface area contributed by atoms with Gasteiger partial charge >= 0.3 is 0 Å². The minimum Gasteiger partial charge on any atom is -0.489 e. The molecular formula is C22H13BrClFO3. The van der Waals surface area contributed by atoms with Crippen molar-refractivity contribution in [2.24, 2.45) is 0 Å². The van der Waals surface area contributed by atoms with Crippen LogP contribution in [-0.4, -0.2) is 5.78 Å². The molecule has 0 aliphatic carbocycles. The number of hydrogen-bond acceptors (Lipinski definition) is 3. The van der Waals surface area contributed by atoms with E-state index in [1.54, 1.807) is 30.3 Å². The third kappa shape index (κ3) is 3.96. The zero-order chi connectivity index (χ0) is 19.7. The molecule has 0 aromatic heterocycles. The molecule has 0 saturated heterocycles. The highest BCUT2D eigenvalue weighted by molar-refractivity contribution is 9.10. The highest BCUT2D eigenvalue weighted by atomic mass is 79.9. The first-order chi connectivity index (χ1) is 13.5. The van der Waals surface area contributed by atoms with Crippen molar-refractivity contribution in [2.75, 3.05) is 0 Å². The summed E-state index contributed by atoms with van der Waals surface area (Å²) in [4.78, 5) is 12.6. The van der Waals surface area contributed by atoms with E-state index in [0.29, 0.717) is 27.6 Å². The van der Waals surface area contributed by atoms with Crippen LogP contribution in [0, 0.1) is 5.82 Å². The molecule has 0 atom stereocenters. The number of rotatable bonds is 4. The molecule has 3 aromatic rings. The van der Waals surface area contributed by atoms with E-state index >= 15 is 0 Å². The lowest BCUT2D eigenvalue weighted by Gasteiger charge is -2.08. The fourth-order valence-electron chi connectivity index (χ4n) is 2.80. The van der Waals surface area contributed by atoms with Crippen LogP contribution in [0.1, 0.15) is 21.5 Å². The van der Waals surface area contributed by atoms with E-state index in [0.717, 1.165) is 10.0 Å². The van der Waals surface area contributed by atoms with Crippen molar-refractivity contribution < 1.29 is 18.7 Å². The van der Waals surface area contributed by atoms with Crippen LogP contribution in [0.25, 0.3) is 6.08 Å². The van der Waals surface area contributed by atoms with E-state index in [2.05, 4.69) is 15.9 Å². The summed E-state index contributed by atoms with van der Waals surface area (Å²) in [5, 5.41) is 0.298. The maximum absolute atomic E-state index is 13.1. The summed E-state index contributed by atoms with van der Waals surface area (Å²) in [6.07, 6.45) is 1.70. The van der Waals surface area contributed by atoms with Gasteiger partial charge in [0, 0.05) is 16.1 Å². The highest BCUT2D eigenvalue weighted by Gasteiger charge is 2.27. The first-order valence-electron chi connectivity index (χ1n) is 8.40. The first kappa shape index (κ1) is 18.7. The molecule has 1 heterocycles. The molecule has 28 heavy (non-hydrogen) atoms. The summed E-state index contributed by atoms with van der Waals surface area (Å²) in [6, 6.07) is 16.7. The quantitative estimate of drug-likeness (QED) is 0.421. The zero-order valence-corrected chi connectivity index (χ0v) is 16.8. The first-order valence-corrected chi connectivity index (χ1v) is 9.57. The van der Waals surface area contributed by atoms with Gasteiger partial charge in [0.15, 0.2) is 5.76 Å². The Morgan fingerprint density at radius 2 is 1.96 bits per heavy atom. The van der Waals surface area contributed by atoms with Gasteiger partial charge in [-0.3, -0.25) is 4.79 Å². The minimum absolute atomic E-state index is 0.173. The van der Waals surface area contributed by atoms with Crippen LogP contribution in [0.2, 0.25) is 5.02 Å². The number of carbonyl (C=O) groups excluding carboxylic acids is 1. The van der Waals surface area contributed by atoms with Gasteiger partial charge in [-0.1, -0.05) is 45.7 Å². The second-order valence-electron chi connectivity index (χ2n) is 6.18. The molecule has 3 aromatic carbocycles. The Labute approximate surface area is 174 Å². The zero-order valence-electron chi connectivity index (χ0n) is 14.4. The number of Topliss-reactive ketones (excluding diaryl/α,β-unsaturated/α-hetero) is 1. The van der Waals surface area contributed by atoms with Crippen LogP contribution in [0.5, 0.6) is 11.5 Å². The molecule has 140 valence electrons. The maximum atomic E-state index is 13.1. The van der Waals surface area contributed by atoms with Crippen LogP contribution < -0.4 is 9.47 Å². The van der Waals surface area contributed by atoms with Gasteiger partial charge in [0.1, 0.15) is 23.9 Å². The normalized spacial score (nSPS) is 14.1. The fraction of sp³-hybridized carbons (Fsp3) is 0.0455. The van der Waals surface area contributed by atoms with Crippen molar-refractivity contribution in [3.8, 4) is 11.5 Å². The van der Waals surface area contributed by atoms with Gasteiger partial charge < -0.3 is 9.47 Å². The van der Waals surface area contributed by atoms with E-state index in [1.165, 1.54) is 12.1 Å². The second-order valence-corrected chi connectivity index (χ2v) is 7.50. The summed E-state index contributed by atoms with van der Waals surface area (Å²) in [6.45, 7) is 0.173. The Hall–Kier alpha value is -2.63. The number of hydrogen-bond donors (Lipinski definition) is 0. The van der Waals surface area contributed by atoms with E-state index in [-0.39, 0.29) is 18.1 Å². The number of ether oxygens (including phenoxy) is 2. The van der Waals surface area contributed by atoms with Gasteiger partial charge in [-0.05, 0) is 48.0 Å². The molecule has 0 N–H and O–H groups in total. The number of benzene rings is 3. The average Bonchev–Trinajstić information content (AvgIpc) is 2.96. The number of fused-ring (bicyclic) bond motifs is 1. The lowest BCUT2D eigenvalue weighted by Crippen LogP contribution is -1.98. The lowest BCUT2D eigenvalue weighted by molar-refractivity contribution is 0.101. The predicted molar refractivity (Wildman–Crippen MR) is 109 cm³/mol. The number of allylic oxidation sites excluding steroid dienone is 1. The third-order valence-corrected chi connectivity index (χ3v) is 5.04. The van der Waals surface area contributed by atoms with Gasteiger partial charge in [-0.2, -0.15) is 0 Å². The fourth-order valence-corrected chi connectivity index (χ4v) is 3.44. The molecule has 0 unspecified atom stereocenters. The van der Waals surface area contributed by atoms with Crippen molar-refractivity contribution >= 4 is 39.4 Å². The average molecular weight is 460 g/mol. The van der Waals surface area contributed by atoms with Gasteiger partial charge in [0.05, 0.1) is 10.6 Å². The molecule has 0 saturated carbocycles. The minimum atomic E-state index is -0.400. The van der Waals surface area contributed by atoms with Crippen molar-refractivity contribution in [3.63, 3.8) is 0 Å². The van der Waals surface area contributed by atoms with Crippen LogP contribution >= 0.6 is 27.5 Å². The van der Waals surface area contributed by atoms with Crippen molar-refractivity contribution in [1.82, 2.24) is 0 Å². The smallest absolute Gasteiger partial charge is 0.231 e. The summed E-state index contributed by atoms with van der Waals surface area (Å²) in [5.41, 5.74) is 2.00. The van der Waals surface area contributed by atoms with Crippen LogP contribution in [-0.2, 0) is 6.61 Å². The molecule has 1 aliphatic rings. The van der Waals surface area contributed by atoms with Crippen molar-refractivity contribution in [2.45, 2.75) is 6.61 Å². The van der Waals surface area contributed by atoms with E-state index in [4.69, 9.17) is 21.1 Å². The van der Waals surface area contributed by atoms with Gasteiger partial charge in [0.25, 0.3) is 0 Å². The Morgan fingerprint density at radius 1 is 1.11 bits per heavy atom. The number of halogens is 3. The SMILES string of the molecule is O=C1C(=Cc2cccc(Br)c2)Oc2cc(OCc3ccc(F)cc3Cl)ccc21. The summed E-state index contributed by atoms with van der Waals surface area (Å²) < 4.78 is 25.5. The molecule has 6 heteroatoms. The molecule has 0 bridgehead atoms. The van der Waals surface area contributed by atoms with E-state index < -0.39 is 5.82 Å². The monoisotopic (exact) mass is 458 g/mol. The topological polar surface area (TPSA) is 35.5 Å². The molecule has 0 radical (unpaired) electrons. The van der Waals surface area contributed by atoms with E-state index in [1.807, 2.05) is 24.3 Å². The predicted octanol–water partition coefficient (Wildman–Crippen LogP) is 6.44. The van der Waals surface area contributed by atoms with Crippen molar-refractivity contribution in [1.29, 1.82) is 0 Å². The van der Waals surface area contributed by atoms with Crippen LogP contribution in [0.15, 0.2) is 70.9 Å². The lowest BCUT2D eigenvalue weighted by atomic mass is 10.1. The molecule has 4 rings (SSSR count). The van der Waals surface area contributed by atoms with Gasteiger partial charge in [-0.15, -0.1) is 0 Å². The standard InChI is InChI=1S/C22H13BrClFO3/c23-15-3-1-2-13(8-15)9-21-22(26)18-7-6-17(11-20(18)28-21)27-12-14-4-5-16(25)10-19(14)24/h1-11H,12H2. The summed E-state index contributed by atoms with van der Waals surface area (Å²) in [7, 11) is 0. The van der Waals surface area contributed by atoms with E-state index in [9.17, 15) is 9.18 Å². The molecule has 0 amide bonds. The Bertz CT molecular complexity index is 1110. The maximum Gasteiger partial charge on any atom is 0.231 e. The Kier molecular flexibility index (Phi) is 5.20. The molecule has 0 fully saturated rings. The second kappa shape index (κ2) is 7.78. The summed E-state index contributed by atoms with van der Waals surface area (Å²) >= 11 is 9.42. The molecule has 1 aliphatic heterocycles. The molecule has 3 nitrogen and oxygen atoms in total. The largest absolute Gasteiger partial charge is 0.489 e. The van der Waals surface area contributed by atoms with Crippen LogP contribution in [0.3, 0.4) is 0 Å². The Balaban J connectivity index is 1.52. The van der Waals surface area contributed by atoms with Crippen molar-refractivity contribution in [3.05, 3.63) is 98.4 Å². The molecular weight excluding hydrogens is 447 g/mol. The van der Waals surface area contributed by atoms with Gasteiger partial charge in [-0.25, -0.2) is 4.39 Å². The third-order valence-electron chi connectivity index (χ3n) is 4.20. The summed E-state index contributed by atoms with van der Waals surface area (Å²) in [5.74, 6) is 0.641. The number of carbonyl (C=O) groups is 1. The van der Waals surface area contributed by atoms with Crippen LogP contribution in [0.4, 0.5) is 4.39 Å². The Morgan fingerprint density at radius 3 is 2.75 bits per heavy atom. The van der Waals surface area contributed by atoms with Gasteiger partial charge in [0.2, 0.25) is 5.78 Å².